The molecule has 8 nitrogen and oxygen atoms in total. The van der Waals surface area contributed by atoms with Crippen LogP contribution >= 0.6 is 34.3 Å². The lowest BCUT2D eigenvalue weighted by Crippen LogP contribution is -2.49. The lowest BCUT2D eigenvalue weighted by molar-refractivity contribution is -0.120. The molecule has 1 aliphatic rings. The third kappa shape index (κ3) is 3.85. The van der Waals surface area contributed by atoms with Crippen LogP contribution in [-0.4, -0.2) is 41.4 Å². The van der Waals surface area contributed by atoms with Crippen LogP contribution in [0.25, 0.3) is 10.8 Å². The molecule has 4 rings (SSSR count). The van der Waals surface area contributed by atoms with Gasteiger partial charge in [-0.1, -0.05) is 29.2 Å². The summed E-state index contributed by atoms with van der Waals surface area (Å²) in [6, 6.07) is 5.75. The van der Waals surface area contributed by atoms with Crippen LogP contribution in [0.15, 0.2) is 38.3 Å². The normalized spacial score (nSPS) is 18.2. The number of carbonyl (C=O) groups is 1. The van der Waals surface area contributed by atoms with Crippen LogP contribution in [0, 0.1) is 0 Å². The number of anilines is 1. The van der Waals surface area contributed by atoms with Crippen LogP contribution in [0.2, 0.25) is 4.34 Å². The highest BCUT2D eigenvalue weighted by atomic mass is 35.5. The lowest BCUT2D eigenvalue weighted by atomic mass is 10.0. The fourth-order valence-corrected chi connectivity index (χ4v) is 6.88. The van der Waals surface area contributed by atoms with Gasteiger partial charge >= 0.3 is 6.01 Å². The van der Waals surface area contributed by atoms with Crippen molar-refractivity contribution in [1.29, 1.82) is 0 Å². The van der Waals surface area contributed by atoms with Crippen molar-refractivity contribution >= 4 is 56.2 Å². The molecule has 1 unspecified atom stereocenters. The number of carbonyl (C=O) groups excluding carboxylic acids is 1. The molecule has 0 spiro atoms. The maximum Gasteiger partial charge on any atom is 0.322 e. The highest BCUT2D eigenvalue weighted by molar-refractivity contribution is 7.91. The van der Waals surface area contributed by atoms with Gasteiger partial charge in [0.05, 0.1) is 9.21 Å². The number of piperidine rings is 1. The van der Waals surface area contributed by atoms with E-state index >= 15 is 0 Å². The number of sulfonamides is 1. The molecule has 1 N–H and O–H groups in total. The quantitative estimate of drug-likeness (QED) is 0.625. The highest BCUT2D eigenvalue weighted by Crippen LogP contribution is 2.32. The van der Waals surface area contributed by atoms with Gasteiger partial charge in [-0.2, -0.15) is 4.31 Å². The van der Waals surface area contributed by atoms with Crippen molar-refractivity contribution in [3.8, 4) is 10.8 Å². The fourth-order valence-electron chi connectivity index (χ4n) is 2.97. The predicted octanol–water partition coefficient (Wildman–Crippen LogP) is 3.69. The molecular formula is C16H15ClN4O4S3. The monoisotopic (exact) mass is 458 g/mol. The van der Waals surface area contributed by atoms with Gasteiger partial charge in [-0.25, -0.2) is 8.42 Å². The Kier molecular flexibility index (Phi) is 5.52. The van der Waals surface area contributed by atoms with Gasteiger partial charge in [0.15, 0.2) is 0 Å². The first kappa shape index (κ1) is 19.5. The summed E-state index contributed by atoms with van der Waals surface area (Å²) in [6.07, 6.45) is 1.85. The van der Waals surface area contributed by atoms with E-state index in [4.69, 9.17) is 16.0 Å². The largest absolute Gasteiger partial charge is 0.402 e. The number of amides is 1. The molecule has 0 saturated carbocycles. The molecule has 28 heavy (non-hydrogen) atoms. The molecule has 0 aliphatic carbocycles. The van der Waals surface area contributed by atoms with E-state index in [0.29, 0.717) is 23.1 Å². The molecule has 4 heterocycles. The minimum Gasteiger partial charge on any atom is -0.402 e. The van der Waals surface area contributed by atoms with Crippen LogP contribution in [0.4, 0.5) is 6.01 Å². The van der Waals surface area contributed by atoms with Crippen molar-refractivity contribution in [2.75, 3.05) is 11.9 Å². The highest BCUT2D eigenvalue weighted by Gasteiger charge is 2.38. The van der Waals surface area contributed by atoms with Crippen molar-refractivity contribution in [1.82, 2.24) is 14.5 Å². The molecule has 1 saturated heterocycles. The maximum absolute atomic E-state index is 13.0. The number of rotatable bonds is 5. The molecule has 1 fully saturated rings. The van der Waals surface area contributed by atoms with Gasteiger partial charge in [0, 0.05) is 6.54 Å². The summed E-state index contributed by atoms with van der Waals surface area (Å²) < 4.78 is 33.1. The van der Waals surface area contributed by atoms with E-state index < -0.39 is 22.0 Å². The van der Waals surface area contributed by atoms with E-state index in [1.165, 1.54) is 27.8 Å². The van der Waals surface area contributed by atoms with E-state index in [9.17, 15) is 13.2 Å². The summed E-state index contributed by atoms with van der Waals surface area (Å²) in [4.78, 5) is 13.6. The molecule has 1 amide bonds. The number of halogens is 1. The van der Waals surface area contributed by atoms with Crippen molar-refractivity contribution in [2.45, 2.75) is 29.5 Å². The Morgan fingerprint density at radius 3 is 2.86 bits per heavy atom. The van der Waals surface area contributed by atoms with Crippen LogP contribution in [0.3, 0.4) is 0 Å². The zero-order valence-corrected chi connectivity index (χ0v) is 17.6. The SMILES string of the molecule is O=C(Nc1nnc(-c2cccs2)o1)C1CCCCN1S(=O)(=O)c1ccc(Cl)s1. The summed E-state index contributed by atoms with van der Waals surface area (Å²) >= 11 is 8.29. The van der Waals surface area contributed by atoms with Crippen molar-refractivity contribution in [3.05, 3.63) is 34.0 Å². The minimum atomic E-state index is -3.82. The Balaban J connectivity index is 1.53. The Bertz CT molecular complexity index is 1080. The fraction of sp³-hybridized carbons (Fsp3) is 0.312. The predicted molar refractivity (Wildman–Crippen MR) is 107 cm³/mol. The van der Waals surface area contributed by atoms with Gasteiger partial charge in [0.1, 0.15) is 10.3 Å². The topological polar surface area (TPSA) is 105 Å². The zero-order chi connectivity index (χ0) is 19.7. The number of thiophene rings is 2. The Morgan fingerprint density at radius 1 is 1.29 bits per heavy atom. The van der Waals surface area contributed by atoms with Crippen molar-refractivity contribution in [2.24, 2.45) is 0 Å². The summed E-state index contributed by atoms with van der Waals surface area (Å²) in [5.74, 6) is -0.195. The minimum absolute atomic E-state index is 0.0597. The summed E-state index contributed by atoms with van der Waals surface area (Å²) in [5, 5.41) is 12.2. The molecule has 3 aromatic heterocycles. The van der Waals surface area contributed by atoms with Gasteiger partial charge in [0.25, 0.3) is 15.9 Å². The van der Waals surface area contributed by atoms with Crippen LogP contribution in [0.1, 0.15) is 19.3 Å². The van der Waals surface area contributed by atoms with Gasteiger partial charge < -0.3 is 4.42 Å². The summed E-state index contributed by atoms with van der Waals surface area (Å²) in [6.45, 7) is 0.264. The first-order valence-corrected chi connectivity index (χ1v) is 11.9. The van der Waals surface area contributed by atoms with E-state index in [2.05, 4.69) is 15.5 Å². The maximum atomic E-state index is 13.0. The number of hydrogen-bond acceptors (Lipinski definition) is 8. The molecule has 0 bridgehead atoms. The van der Waals surface area contributed by atoms with Gasteiger partial charge in [-0.3, -0.25) is 10.1 Å². The van der Waals surface area contributed by atoms with E-state index in [-0.39, 0.29) is 16.8 Å². The summed E-state index contributed by atoms with van der Waals surface area (Å²) in [7, 11) is -3.82. The molecule has 3 aromatic rings. The van der Waals surface area contributed by atoms with E-state index in [1.54, 1.807) is 0 Å². The van der Waals surface area contributed by atoms with Crippen LogP contribution in [-0.2, 0) is 14.8 Å². The molecule has 148 valence electrons. The Labute approximate surface area is 174 Å². The molecule has 12 heteroatoms. The smallest absolute Gasteiger partial charge is 0.322 e. The van der Waals surface area contributed by atoms with Gasteiger partial charge in [-0.15, -0.1) is 27.8 Å². The summed E-state index contributed by atoms with van der Waals surface area (Å²) in [5.41, 5.74) is 0. The van der Waals surface area contributed by atoms with Gasteiger partial charge in [0.2, 0.25) is 5.91 Å². The second kappa shape index (κ2) is 7.91. The number of hydrogen-bond donors (Lipinski definition) is 1. The second-order valence-electron chi connectivity index (χ2n) is 6.06. The lowest BCUT2D eigenvalue weighted by Gasteiger charge is -2.32. The van der Waals surface area contributed by atoms with E-state index in [0.717, 1.165) is 22.6 Å². The number of nitrogens with one attached hydrogen (secondary N) is 1. The number of aromatic nitrogens is 2. The number of nitrogens with zero attached hydrogens (tertiary/aromatic N) is 3. The Hall–Kier alpha value is -1.79. The first-order chi connectivity index (χ1) is 13.4. The molecule has 1 atom stereocenters. The third-order valence-electron chi connectivity index (χ3n) is 4.25. The zero-order valence-electron chi connectivity index (χ0n) is 14.4. The second-order valence-corrected chi connectivity index (χ2v) is 10.8. The van der Waals surface area contributed by atoms with Crippen LogP contribution in [0.5, 0.6) is 0 Å². The van der Waals surface area contributed by atoms with Gasteiger partial charge in [-0.05, 0) is 36.4 Å². The Morgan fingerprint density at radius 2 is 2.14 bits per heavy atom. The third-order valence-corrected chi connectivity index (χ3v) is 8.72. The van der Waals surface area contributed by atoms with Crippen LogP contribution < -0.4 is 5.32 Å². The average Bonchev–Trinajstić information content (AvgIpc) is 3.43. The molecule has 1 aliphatic heterocycles. The average molecular weight is 459 g/mol. The van der Waals surface area contributed by atoms with Crippen molar-refractivity contribution < 1.29 is 17.6 Å². The van der Waals surface area contributed by atoms with Crippen molar-refractivity contribution in [3.63, 3.8) is 0 Å². The molecule has 0 radical (unpaired) electrons. The standard InChI is InChI=1S/C16H15ClN4O4S3/c17-12-6-7-13(27-12)28(23,24)21-8-2-1-4-10(21)14(22)18-16-20-19-15(25-16)11-5-3-9-26-11/h3,5-7,9-10H,1-2,4,8H2,(H,18,20,22). The first-order valence-electron chi connectivity index (χ1n) is 8.40. The molecule has 0 aromatic carbocycles. The molecular weight excluding hydrogens is 444 g/mol. The van der Waals surface area contributed by atoms with E-state index in [1.807, 2.05) is 17.5 Å².